The van der Waals surface area contributed by atoms with E-state index in [1.54, 1.807) is 42.5 Å². The van der Waals surface area contributed by atoms with Gasteiger partial charge in [0.15, 0.2) is 5.13 Å². The van der Waals surface area contributed by atoms with Crippen molar-refractivity contribution in [2.75, 3.05) is 17.2 Å². The average Bonchev–Trinajstić information content (AvgIpc) is 3.85. The molecule has 50 heavy (non-hydrogen) atoms. The Balaban J connectivity index is 1.14. The number of rotatable bonds is 13. The molecule has 6 rings (SSSR count). The van der Waals surface area contributed by atoms with E-state index >= 15 is 0 Å². The van der Waals surface area contributed by atoms with Crippen LogP contribution in [0.15, 0.2) is 142 Å². The van der Waals surface area contributed by atoms with Gasteiger partial charge in [-0.3, -0.25) is 14.4 Å². The number of hydrogen-bond donors (Lipinski definition) is 3. The van der Waals surface area contributed by atoms with Gasteiger partial charge in [0.1, 0.15) is 16.7 Å². The molecule has 3 amide bonds. The van der Waals surface area contributed by atoms with E-state index in [9.17, 15) is 14.4 Å². The number of carbonyl (C=O) groups is 3. The summed E-state index contributed by atoms with van der Waals surface area (Å²) in [6.45, 7) is 2.54. The summed E-state index contributed by atoms with van der Waals surface area (Å²) in [6, 6.07) is 35.1. The van der Waals surface area contributed by atoms with Crippen LogP contribution in [0.4, 0.5) is 10.8 Å². The van der Waals surface area contributed by atoms with Crippen molar-refractivity contribution < 1.29 is 19.1 Å². The normalized spacial score (nSPS) is 11.7. The Morgan fingerprint density at radius 2 is 1.56 bits per heavy atom. The first kappa shape index (κ1) is 34.4. The van der Waals surface area contributed by atoms with E-state index < -0.39 is 11.2 Å². The summed E-state index contributed by atoms with van der Waals surface area (Å²) < 4.78 is 5.54. The van der Waals surface area contributed by atoms with Gasteiger partial charge in [0, 0.05) is 27.1 Å². The average molecular weight is 717 g/mol. The Labute approximate surface area is 302 Å². The van der Waals surface area contributed by atoms with E-state index in [0.717, 1.165) is 33.0 Å². The first-order valence-corrected chi connectivity index (χ1v) is 18.4. The zero-order valence-electron chi connectivity index (χ0n) is 26.9. The zero-order valence-corrected chi connectivity index (χ0v) is 29.3. The number of carbonyl (C=O) groups excluding carboxylic acids is 3. The number of nitrogens with zero attached hydrogens (tertiary/aromatic N) is 1. The molecule has 1 atom stereocenters. The minimum Gasteiger partial charge on any atom is -0.494 e. The van der Waals surface area contributed by atoms with Gasteiger partial charge in [-0.25, -0.2) is 4.98 Å². The minimum atomic E-state index is -0.567. The number of anilines is 2. The molecule has 1 unspecified atom stereocenters. The fourth-order valence-electron chi connectivity index (χ4n) is 4.84. The first-order chi connectivity index (χ1) is 24.4. The maximum atomic E-state index is 13.7. The van der Waals surface area contributed by atoms with Crippen LogP contribution in [0.5, 0.6) is 5.75 Å². The molecule has 6 aromatic rings. The highest BCUT2D eigenvalue weighted by Crippen LogP contribution is 2.37. The molecule has 0 fully saturated rings. The molecule has 2 heterocycles. The van der Waals surface area contributed by atoms with Gasteiger partial charge in [0.05, 0.1) is 12.3 Å². The predicted octanol–water partition coefficient (Wildman–Crippen LogP) is 9.15. The number of benzene rings is 4. The summed E-state index contributed by atoms with van der Waals surface area (Å²) in [7, 11) is 0. The van der Waals surface area contributed by atoms with Crippen molar-refractivity contribution >= 4 is 69.1 Å². The van der Waals surface area contributed by atoms with Crippen LogP contribution in [0.2, 0.25) is 0 Å². The van der Waals surface area contributed by atoms with Gasteiger partial charge in [0.25, 0.3) is 11.8 Å². The third kappa shape index (κ3) is 9.14. The van der Waals surface area contributed by atoms with Crippen LogP contribution in [0.1, 0.15) is 33.7 Å². The summed E-state index contributed by atoms with van der Waals surface area (Å²) >= 11 is 4.25. The number of thiazole rings is 1. The molecule has 0 aliphatic carbocycles. The number of thioether (sulfide) groups is 1. The van der Waals surface area contributed by atoms with E-state index in [-0.39, 0.29) is 17.5 Å². The van der Waals surface area contributed by atoms with Crippen molar-refractivity contribution in [2.45, 2.75) is 17.1 Å². The van der Waals surface area contributed by atoms with Crippen molar-refractivity contribution in [3.8, 4) is 17.0 Å². The van der Waals surface area contributed by atoms with Crippen molar-refractivity contribution in [2.24, 2.45) is 0 Å². The lowest BCUT2D eigenvalue weighted by atomic mass is 10.1. The second-order valence-electron chi connectivity index (χ2n) is 10.8. The molecule has 0 aliphatic heterocycles. The van der Waals surface area contributed by atoms with Gasteiger partial charge in [-0.2, -0.15) is 11.3 Å². The van der Waals surface area contributed by atoms with Gasteiger partial charge in [-0.15, -0.1) is 23.1 Å². The molecule has 0 saturated heterocycles. The van der Waals surface area contributed by atoms with Gasteiger partial charge >= 0.3 is 0 Å². The van der Waals surface area contributed by atoms with E-state index in [1.807, 2.05) is 102 Å². The number of nitrogens with one attached hydrogen (secondary N) is 3. The van der Waals surface area contributed by atoms with E-state index in [0.29, 0.717) is 23.0 Å². The van der Waals surface area contributed by atoms with Crippen LogP contribution < -0.4 is 20.7 Å². The highest BCUT2D eigenvalue weighted by atomic mass is 32.2. The summed E-state index contributed by atoms with van der Waals surface area (Å²) in [5, 5.41) is 14.3. The molecule has 3 N–H and O–H groups in total. The second kappa shape index (κ2) is 16.8. The van der Waals surface area contributed by atoms with Crippen molar-refractivity contribution in [3.05, 3.63) is 154 Å². The number of ether oxygens (including phenoxy) is 1. The molecule has 250 valence electrons. The molecular formula is C39H32N4O4S3. The van der Waals surface area contributed by atoms with Crippen LogP contribution >= 0.6 is 34.4 Å². The molecule has 11 heteroatoms. The standard InChI is InChI=1S/C39H32N4O4S3/c1-2-47-31-17-13-27(14-18-31)34-25-49-39(42-34)43-38(46)35(28-9-5-3-6-10-28)50-32-19-15-30(16-20-32)40-37(45)33(23-26-21-22-48-24-26)41-36(44)29-11-7-4-8-12-29/h3-25,35H,2H2,1H3,(H,40,45)(H,41,44)(H,42,43,46)/b33-23-. The molecular weight excluding hydrogens is 685 g/mol. The van der Waals surface area contributed by atoms with Crippen LogP contribution in [-0.2, 0) is 9.59 Å². The molecule has 0 bridgehead atoms. The lowest BCUT2D eigenvalue weighted by molar-refractivity contribution is -0.116. The zero-order chi connectivity index (χ0) is 34.7. The van der Waals surface area contributed by atoms with Crippen molar-refractivity contribution in [1.29, 1.82) is 0 Å². The van der Waals surface area contributed by atoms with Crippen LogP contribution in [0.3, 0.4) is 0 Å². The molecule has 0 spiro atoms. The summed E-state index contributed by atoms with van der Waals surface area (Å²) in [5.74, 6) is -0.260. The van der Waals surface area contributed by atoms with E-state index in [1.165, 1.54) is 34.4 Å². The molecule has 0 aliphatic rings. The molecule has 8 nitrogen and oxygen atoms in total. The van der Waals surface area contributed by atoms with Crippen LogP contribution in [-0.4, -0.2) is 29.3 Å². The summed E-state index contributed by atoms with van der Waals surface area (Å²) in [4.78, 5) is 45.5. The highest BCUT2D eigenvalue weighted by Gasteiger charge is 2.24. The lowest BCUT2D eigenvalue weighted by Crippen LogP contribution is -2.30. The van der Waals surface area contributed by atoms with E-state index in [4.69, 9.17) is 4.74 Å². The fourth-order valence-corrected chi connectivity index (χ4v) is 7.21. The number of aromatic nitrogens is 1. The quantitative estimate of drug-likeness (QED) is 0.0813. The highest BCUT2D eigenvalue weighted by molar-refractivity contribution is 8.00. The maximum Gasteiger partial charge on any atom is 0.272 e. The Morgan fingerprint density at radius 1 is 0.840 bits per heavy atom. The Kier molecular flexibility index (Phi) is 11.5. The molecule has 0 radical (unpaired) electrons. The largest absolute Gasteiger partial charge is 0.494 e. The van der Waals surface area contributed by atoms with Gasteiger partial charge < -0.3 is 20.7 Å². The second-order valence-corrected chi connectivity index (χ2v) is 13.6. The van der Waals surface area contributed by atoms with E-state index in [2.05, 4.69) is 20.9 Å². The Hall–Kier alpha value is -5.49. The van der Waals surface area contributed by atoms with Crippen molar-refractivity contribution in [3.63, 3.8) is 0 Å². The molecule has 0 saturated carbocycles. The van der Waals surface area contributed by atoms with Gasteiger partial charge in [0.2, 0.25) is 5.91 Å². The predicted molar refractivity (Wildman–Crippen MR) is 204 cm³/mol. The topological polar surface area (TPSA) is 109 Å². The van der Waals surface area contributed by atoms with Gasteiger partial charge in [-0.05, 0) is 102 Å². The number of amides is 3. The monoisotopic (exact) mass is 716 g/mol. The third-order valence-corrected chi connectivity index (χ3v) is 10.0. The summed E-state index contributed by atoms with van der Waals surface area (Å²) in [5.41, 5.74) is 4.43. The minimum absolute atomic E-state index is 0.115. The fraction of sp³-hybridized carbons (Fsp3) is 0.0769. The Morgan fingerprint density at radius 3 is 2.24 bits per heavy atom. The van der Waals surface area contributed by atoms with Crippen LogP contribution in [0, 0.1) is 0 Å². The molecule has 2 aromatic heterocycles. The third-order valence-electron chi connectivity index (χ3n) is 7.28. The first-order valence-electron chi connectivity index (χ1n) is 15.7. The number of hydrogen-bond acceptors (Lipinski definition) is 8. The number of thiophene rings is 1. The maximum absolute atomic E-state index is 13.7. The SMILES string of the molecule is CCOc1ccc(-c2csc(NC(=O)C(Sc3ccc(NC(=O)/C(=C/c4ccsc4)NC(=O)c4ccccc4)cc3)c3ccccc3)n2)cc1. The smallest absolute Gasteiger partial charge is 0.272 e. The van der Waals surface area contributed by atoms with Crippen molar-refractivity contribution in [1.82, 2.24) is 10.3 Å². The summed E-state index contributed by atoms with van der Waals surface area (Å²) in [6.07, 6.45) is 1.64. The van der Waals surface area contributed by atoms with Crippen LogP contribution in [0.25, 0.3) is 17.3 Å². The molecule has 4 aromatic carbocycles. The van der Waals surface area contributed by atoms with Gasteiger partial charge in [-0.1, -0.05) is 48.5 Å². The lowest BCUT2D eigenvalue weighted by Gasteiger charge is -2.17. The Bertz CT molecular complexity index is 2060.